The van der Waals surface area contributed by atoms with Gasteiger partial charge < -0.3 is 15.1 Å². The van der Waals surface area contributed by atoms with Crippen LogP contribution in [0.25, 0.3) is 0 Å². The Balaban J connectivity index is 1.41. The van der Waals surface area contributed by atoms with Crippen LogP contribution in [0, 0.1) is 5.82 Å². The van der Waals surface area contributed by atoms with E-state index in [0.717, 1.165) is 13.0 Å². The van der Waals surface area contributed by atoms with Crippen LogP contribution in [0.1, 0.15) is 45.5 Å². The lowest BCUT2D eigenvalue weighted by atomic mass is 10.1. The Hall–Kier alpha value is -3.85. The predicted molar refractivity (Wildman–Crippen MR) is 137 cm³/mol. The van der Waals surface area contributed by atoms with Crippen molar-refractivity contribution >= 4 is 34.2 Å². The molecular weight excluding hydrogens is 493 g/mol. The molecule has 2 aliphatic heterocycles. The first-order valence-electron chi connectivity index (χ1n) is 12.2. The lowest BCUT2D eigenvalue weighted by Gasteiger charge is -2.23. The third-order valence-corrected chi connectivity index (χ3v) is 8.09. The molecule has 9 heteroatoms. The summed E-state index contributed by atoms with van der Waals surface area (Å²) in [6.07, 6.45) is 2.09. The van der Waals surface area contributed by atoms with E-state index in [4.69, 9.17) is 0 Å². The topological polar surface area (TPSA) is 86.8 Å². The monoisotopic (exact) mass is 519 g/mol. The maximum atomic E-state index is 13.6. The van der Waals surface area contributed by atoms with E-state index in [9.17, 15) is 23.0 Å². The highest BCUT2D eigenvalue weighted by molar-refractivity contribution is 7.85. The van der Waals surface area contributed by atoms with Gasteiger partial charge >= 0.3 is 0 Å². The first-order chi connectivity index (χ1) is 17.9. The Bertz CT molecular complexity index is 1390. The molecule has 0 spiro atoms. The molecule has 0 bridgehead atoms. The molecule has 3 amide bonds. The van der Waals surface area contributed by atoms with Crippen molar-refractivity contribution in [3.63, 3.8) is 0 Å². The maximum Gasteiger partial charge on any atom is 0.259 e. The van der Waals surface area contributed by atoms with Crippen molar-refractivity contribution in [1.82, 2.24) is 10.2 Å². The summed E-state index contributed by atoms with van der Waals surface area (Å²) in [4.78, 5) is 42.5. The van der Waals surface area contributed by atoms with E-state index in [0.29, 0.717) is 58.1 Å². The molecule has 7 nitrogen and oxygen atoms in total. The number of amides is 3. The van der Waals surface area contributed by atoms with E-state index < -0.39 is 10.8 Å². The van der Waals surface area contributed by atoms with Crippen LogP contribution in [-0.2, 0) is 22.1 Å². The molecule has 5 rings (SSSR count). The Morgan fingerprint density at radius 1 is 1.00 bits per heavy atom. The molecule has 0 aliphatic carbocycles. The van der Waals surface area contributed by atoms with E-state index in [1.807, 2.05) is 0 Å². The summed E-state index contributed by atoms with van der Waals surface area (Å²) >= 11 is 0. The molecule has 37 heavy (non-hydrogen) atoms. The fourth-order valence-electron chi connectivity index (χ4n) is 4.65. The van der Waals surface area contributed by atoms with Gasteiger partial charge in [-0.3, -0.25) is 14.4 Å². The van der Waals surface area contributed by atoms with Crippen LogP contribution in [-0.4, -0.2) is 46.5 Å². The number of benzene rings is 3. The highest BCUT2D eigenvalue weighted by Gasteiger charge is 2.31. The number of likely N-dealkylation sites (tertiary alicyclic amines) is 1. The lowest BCUT2D eigenvalue weighted by molar-refractivity contribution is -0.127. The maximum absolute atomic E-state index is 13.6. The van der Waals surface area contributed by atoms with Crippen molar-refractivity contribution in [3.8, 4) is 0 Å². The molecule has 1 saturated heterocycles. The van der Waals surface area contributed by atoms with E-state index in [-0.39, 0.29) is 30.1 Å². The SMILES string of the molecule is O=C(NCCCN1CCCC1=O)c1ccc2c(c1)N(Cc1ccc(F)cc1)C(=O)c1ccccc1[S@]2=O. The Labute approximate surface area is 216 Å². The molecule has 3 aromatic rings. The van der Waals surface area contributed by atoms with Gasteiger partial charge in [0, 0.05) is 31.6 Å². The average molecular weight is 520 g/mol. The summed E-state index contributed by atoms with van der Waals surface area (Å²) in [6.45, 7) is 1.87. The van der Waals surface area contributed by atoms with Gasteiger partial charge in [0.2, 0.25) is 5.91 Å². The van der Waals surface area contributed by atoms with Crippen molar-refractivity contribution in [3.05, 3.63) is 89.2 Å². The summed E-state index contributed by atoms with van der Waals surface area (Å²) in [7, 11) is -1.64. The van der Waals surface area contributed by atoms with Crippen LogP contribution in [0.5, 0.6) is 0 Å². The minimum Gasteiger partial charge on any atom is -0.352 e. The van der Waals surface area contributed by atoms with Gasteiger partial charge in [0.1, 0.15) is 5.82 Å². The van der Waals surface area contributed by atoms with Gasteiger partial charge in [0.25, 0.3) is 11.8 Å². The molecule has 0 saturated carbocycles. The van der Waals surface area contributed by atoms with Gasteiger partial charge in [-0.05, 0) is 60.9 Å². The third kappa shape index (κ3) is 5.17. The number of nitrogens with one attached hydrogen (secondary N) is 1. The molecular formula is C28H26FN3O4S. The molecule has 1 atom stereocenters. The molecule has 190 valence electrons. The normalized spacial score (nSPS) is 16.8. The number of halogens is 1. The smallest absolute Gasteiger partial charge is 0.259 e. The van der Waals surface area contributed by atoms with Crippen LogP contribution in [0.4, 0.5) is 10.1 Å². The summed E-state index contributed by atoms with van der Waals surface area (Å²) in [6, 6.07) is 17.4. The third-order valence-electron chi connectivity index (χ3n) is 6.59. The fraction of sp³-hybridized carbons (Fsp3) is 0.250. The molecule has 2 heterocycles. The average Bonchev–Trinajstić information content (AvgIpc) is 3.30. The van der Waals surface area contributed by atoms with Crippen LogP contribution in [0.3, 0.4) is 0 Å². The zero-order valence-corrected chi connectivity index (χ0v) is 20.9. The van der Waals surface area contributed by atoms with E-state index in [1.54, 1.807) is 59.5 Å². The highest BCUT2D eigenvalue weighted by atomic mass is 32.2. The summed E-state index contributed by atoms with van der Waals surface area (Å²) in [5, 5.41) is 2.87. The molecule has 0 aromatic heterocycles. The van der Waals surface area contributed by atoms with Crippen molar-refractivity contribution in [2.75, 3.05) is 24.5 Å². The number of rotatable bonds is 7. The van der Waals surface area contributed by atoms with Crippen molar-refractivity contribution in [1.29, 1.82) is 0 Å². The summed E-state index contributed by atoms with van der Waals surface area (Å²) < 4.78 is 27.0. The molecule has 0 unspecified atom stereocenters. The first-order valence-corrected chi connectivity index (χ1v) is 13.3. The minimum atomic E-state index is -1.64. The minimum absolute atomic E-state index is 0.118. The fourth-order valence-corrected chi connectivity index (χ4v) is 5.99. The number of nitrogens with zero attached hydrogens (tertiary/aromatic N) is 2. The molecule has 1 N–H and O–H groups in total. The van der Waals surface area contributed by atoms with Gasteiger partial charge in [-0.15, -0.1) is 0 Å². The molecule has 1 fully saturated rings. The van der Waals surface area contributed by atoms with Crippen LogP contribution >= 0.6 is 0 Å². The molecule has 3 aromatic carbocycles. The highest BCUT2D eigenvalue weighted by Crippen LogP contribution is 2.36. The number of hydrogen-bond donors (Lipinski definition) is 1. The second-order valence-electron chi connectivity index (χ2n) is 9.06. The second kappa shape index (κ2) is 10.6. The lowest BCUT2D eigenvalue weighted by Crippen LogP contribution is -2.32. The quantitative estimate of drug-likeness (QED) is 0.480. The van der Waals surface area contributed by atoms with E-state index in [2.05, 4.69) is 5.32 Å². The van der Waals surface area contributed by atoms with Crippen LogP contribution < -0.4 is 10.2 Å². The van der Waals surface area contributed by atoms with E-state index >= 15 is 0 Å². The molecule has 0 radical (unpaired) electrons. The largest absolute Gasteiger partial charge is 0.352 e. The number of carbonyl (C=O) groups is 3. The summed E-state index contributed by atoms with van der Waals surface area (Å²) in [5.74, 6) is -0.903. The van der Waals surface area contributed by atoms with Crippen LogP contribution in [0.15, 0.2) is 76.5 Å². The van der Waals surface area contributed by atoms with Gasteiger partial charge in [-0.2, -0.15) is 0 Å². The number of carbonyl (C=O) groups excluding carboxylic acids is 3. The van der Waals surface area contributed by atoms with Gasteiger partial charge in [0.15, 0.2) is 0 Å². The van der Waals surface area contributed by atoms with E-state index in [1.165, 1.54) is 17.0 Å². The molecule has 2 aliphatic rings. The number of hydrogen-bond acceptors (Lipinski definition) is 4. The zero-order chi connectivity index (χ0) is 25.9. The first kappa shape index (κ1) is 24.8. The number of fused-ring (bicyclic) bond motifs is 2. The van der Waals surface area contributed by atoms with Crippen LogP contribution in [0.2, 0.25) is 0 Å². The predicted octanol–water partition coefficient (Wildman–Crippen LogP) is 3.90. The second-order valence-corrected chi connectivity index (χ2v) is 10.5. The van der Waals surface area contributed by atoms with Crippen molar-refractivity contribution in [2.45, 2.75) is 35.6 Å². The standard InChI is InChI=1S/C28H26FN3O4S/c29-21-11-8-19(9-12-21)18-32-23-17-20(27(34)30-14-4-16-31-15-3-7-26(31)33)10-13-25(23)37(36)24-6-2-1-5-22(24)28(32)35/h1-2,5-6,8-13,17H,3-4,7,14-16,18H2,(H,30,34)/t37-/m1/s1. The summed E-state index contributed by atoms with van der Waals surface area (Å²) in [5.41, 5.74) is 1.72. The Morgan fingerprint density at radius 3 is 2.54 bits per heavy atom. The Morgan fingerprint density at radius 2 is 1.78 bits per heavy atom. The zero-order valence-electron chi connectivity index (χ0n) is 20.1. The number of anilines is 1. The van der Waals surface area contributed by atoms with Crippen molar-refractivity contribution in [2.24, 2.45) is 0 Å². The van der Waals surface area contributed by atoms with Crippen molar-refractivity contribution < 1.29 is 23.0 Å². The van der Waals surface area contributed by atoms with Gasteiger partial charge in [-0.25, -0.2) is 8.60 Å². The van der Waals surface area contributed by atoms with Gasteiger partial charge in [-0.1, -0.05) is 24.3 Å². The Kier molecular flexibility index (Phi) is 7.14. The van der Waals surface area contributed by atoms with Gasteiger partial charge in [0.05, 0.1) is 38.4 Å².